The van der Waals surface area contributed by atoms with Crippen LogP contribution in [0.4, 0.5) is 0 Å². The van der Waals surface area contributed by atoms with E-state index in [0.29, 0.717) is 10.8 Å². The summed E-state index contributed by atoms with van der Waals surface area (Å²) in [6, 6.07) is 0. The van der Waals surface area contributed by atoms with Crippen molar-refractivity contribution in [3.8, 4) is 0 Å². The maximum atomic E-state index is 10.1. The summed E-state index contributed by atoms with van der Waals surface area (Å²) in [7, 11) is 0. The molecule has 5 rings (SSSR count). The largest absolute Gasteiger partial charge is 0.393 e. The van der Waals surface area contributed by atoms with Gasteiger partial charge in [0.2, 0.25) is 0 Å². The zero-order valence-corrected chi connectivity index (χ0v) is 14.8. The number of aliphatic hydroxyl groups is 1. The first kappa shape index (κ1) is 15.0. The van der Waals surface area contributed by atoms with E-state index >= 15 is 0 Å². The molecular weight excluding hydrogens is 284 g/mol. The van der Waals surface area contributed by atoms with E-state index in [1.54, 1.807) is 5.57 Å². The van der Waals surface area contributed by atoms with Crippen molar-refractivity contribution in [1.29, 1.82) is 0 Å². The van der Waals surface area contributed by atoms with Gasteiger partial charge in [-0.25, -0.2) is 0 Å². The molecule has 3 saturated carbocycles. The van der Waals surface area contributed by atoms with Gasteiger partial charge in [0.05, 0.1) is 18.3 Å². The maximum Gasteiger partial charge on any atom is 0.0760 e. The molecule has 0 amide bonds. The van der Waals surface area contributed by atoms with Crippen LogP contribution < -0.4 is 0 Å². The summed E-state index contributed by atoms with van der Waals surface area (Å²) < 4.78 is 6.23. The normalized spacial score (nSPS) is 58.0. The molecule has 1 saturated heterocycles. The van der Waals surface area contributed by atoms with Crippen LogP contribution in [0.15, 0.2) is 11.6 Å². The second-order valence-corrected chi connectivity index (χ2v) is 9.74. The molecule has 1 N–H and O–H groups in total. The fourth-order valence-corrected chi connectivity index (χ4v) is 7.73. The van der Waals surface area contributed by atoms with Crippen LogP contribution in [0, 0.1) is 28.6 Å². The number of allylic oxidation sites excluding steroid dienone is 1. The average Bonchev–Trinajstić information content (AvgIpc) is 2.81. The lowest BCUT2D eigenvalue weighted by Crippen LogP contribution is -2.59. The minimum absolute atomic E-state index is 0.0853. The highest BCUT2D eigenvalue weighted by molar-refractivity contribution is 5.26. The Hall–Kier alpha value is -0.340. The van der Waals surface area contributed by atoms with Crippen LogP contribution in [0.5, 0.6) is 0 Å². The van der Waals surface area contributed by atoms with Gasteiger partial charge in [0.15, 0.2) is 0 Å². The highest BCUT2D eigenvalue weighted by Crippen LogP contribution is 2.69. The van der Waals surface area contributed by atoms with Crippen molar-refractivity contribution >= 4 is 0 Å². The lowest BCUT2D eigenvalue weighted by molar-refractivity contribution is -0.225. The SMILES string of the molecule is C[C@]12CC[C@@H](O)CC1=CC[C@@H]1[C@@H]2CC[C@@]2(C)[C@H]1CC[C@@]21CCO1. The van der Waals surface area contributed by atoms with Crippen LogP contribution in [0.1, 0.15) is 71.6 Å². The standard InChI is InChI=1S/C21H32O2/c1-19-8-5-15(22)13-14(19)3-4-16-17(19)6-9-20(2)18(16)7-10-21(20)11-12-23-21/h3,15-18,22H,4-13H2,1-2H3/t15-,16-,17+,18+,19+,20+,21-/m1/s1. The van der Waals surface area contributed by atoms with Crippen molar-refractivity contribution in [2.75, 3.05) is 6.61 Å². The van der Waals surface area contributed by atoms with Crippen LogP contribution in [0.3, 0.4) is 0 Å². The van der Waals surface area contributed by atoms with Gasteiger partial charge in [0, 0.05) is 6.42 Å². The van der Waals surface area contributed by atoms with Gasteiger partial charge >= 0.3 is 0 Å². The summed E-state index contributed by atoms with van der Waals surface area (Å²) in [5, 5.41) is 10.1. The summed E-state index contributed by atoms with van der Waals surface area (Å²) in [6.07, 6.45) is 13.6. The predicted molar refractivity (Wildman–Crippen MR) is 91.0 cm³/mol. The Bertz CT molecular complexity index is 548. The van der Waals surface area contributed by atoms with Crippen LogP contribution in [0.25, 0.3) is 0 Å². The van der Waals surface area contributed by atoms with Crippen LogP contribution in [-0.2, 0) is 4.74 Å². The summed E-state index contributed by atoms with van der Waals surface area (Å²) >= 11 is 0. The topological polar surface area (TPSA) is 29.5 Å². The van der Waals surface area contributed by atoms with E-state index in [2.05, 4.69) is 19.9 Å². The van der Waals surface area contributed by atoms with E-state index in [0.717, 1.165) is 37.2 Å². The van der Waals surface area contributed by atoms with Gasteiger partial charge in [-0.2, -0.15) is 0 Å². The Morgan fingerprint density at radius 2 is 1.83 bits per heavy atom. The van der Waals surface area contributed by atoms with Crippen molar-refractivity contribution in [2.45, 2.75) is 83.3 Å². The van der Waals surface area contributed by atoms with Gasteiger partial charge in [0.1, 0.15) is 0 Å². The molecule has 0 unspecified atom stereocenters. The summed E-state index contributed by atoms with van der Waals surface area (Å²) in [5.41, 5.74) is 2.65. The number of ether oxygens (including phenoxy) is 1. The molecular formula is C21H32O2. The van der Waals surface area contributed by atoms with E-state index < -0.39 is 0 Å². The highest BCUT2D eigenvalue weighted by Gasteiger charge is 2.66. The van der Waals surface area contributed by atoms with E-state index in [1.165, 1.54) is 44.9 Å². The third-order valence-corrected chi connectivity index (χ3v) is 9.25. The van der Waals surface area contributed by atoms with E-state index in [1.807, 2.05) is 0 Å². The fraction of sp³-hybridized carbons (Fsp3) is 0.905. The predicted octanol–water partition coefficient (Wildman–Crippen LogP) is 4.47. The quantitative estimate of drug-likeness (QED) is 0.668. The fourth-order valence-electron chi connectivity index (χ4n) is 7.73. The summed E-state index contributed by atoms with van der Waals surface area (Å²) in [5.74, 6) is 2.58. The lowest BCUT2D eigenvalue weighted by atomic mass is 9.46. The van der Waals surface area contributed by atoms with Gasteiger partial charge < -0.3 is 9.84 Å². The number of hydrogen-bond donors (Lipinski definition) is 1. The van der Waals surface area contributed by atoms with Crippen molar-refractivity contribution in [3.05, 3.63) is 11.6 Å². The maximum absolute atomic E-state index is 10.1. The first-order valence-electron chi connectivity index (χ1n) is 10.0. The van der Waals surface area contributed by atoms with Crippen molar-refractivity contribution in [3.63, 3.8) is 0 Å². The summed E-state index contributed by atoms with van der Waals surface area (Å²) in [6.45, 7) is 6.08. The highest BCUT2D eigenvalue weighted by atomic mass is 16.5. The Morgan fingerprint density at radius 1 is 1.04 bits per heavy atom. The van der Waals surface area contributed by atoms with Crippen LogP contribution in [-0.4, -0.2) is 23.4 Å². The minimum Gasteiger partial charge on any atom is -0.393 e. The number of fused-ring (bicyclic) bond motifs is 6. The minimum atomic E-state index is -0.0853. The zero-order valence-electron chi connectivity index (χ0n) is 14.8. The van der Waals surface area contributed by atoms with Gasteiger partial charge in [-0.3, -0.25) is 0 Å². The molecule has 0 radical (unpaired) electrons. The molecule has 0 aromatic carbocycles. The van der Waals surface area contributed by atoms with Crippen molar-refractivity contribution < 1.29 is 9.84 Å². The molecule has 1 aliphatic heterocycles. The van der Waals surface area contributed by atoms with Crippen LogP contribution in [0.2, 0.25) is 0 Å². The van der Waals surface area contributed by atoms with Gasteiger partial charge in [-0.1, -0.05) is 25.5 Å². The molecule has 7 atom stereocenters. The van der Waals surface area contributed by atoms with Crippen molar-refractivity contribution in [1.82, 2.24) is 0 Å². The number of aliphatic hydroxyl groups excluding tert-OH is 1. The smallest absolute Gasteiger partial charge is 0.0760 e. The van der Waals surface area contributed by atoms with Crippen LogP contribution >= 0.6 is 0 Å². The molecule has 0 aromatic heterocycles. The molecule has 128 valence electrons. The van der Waals surface area contributed by atoms with Gasteiger partial charge in [0.25, 0.3) is 0 Å². The second kappa shape index (κ2) is 4.64. The Morgan fingerprint density at radius 3 is 2.57 bits per heavy atom. The molecule has 5 aliphatic rings. The third kappa shape index (κ3) is 1.73. The third-order valence-electron chi connectivity index (χ3n) is 9.25. The Kier molecular flexibility index (Phi) is 3.01. The molecule has 0 bridgehead atoms. The molecule has 1 spiro atoms. The Balaban J connectivity index is 1.49. The van der Waals surface area contributed by atoms with Gasteiger partial charge in [-0.15, -0.1) is 0 Å². The van der Waals surface area contributed by atoms with Crippen molar-refractivity contribution in [2.24, 2.45) is 28.6 Å². The summed E-state index contributed by atoms with van der Waals surface area (Å²) in [4.78, 5) is 0. The second-order valence-electron chi connectivity index (χ2n) is 9.74. The molecule has 23 heavy (non-hydrogen) atoms. The lowest BCUT2D eigenvalue weighted by Gasteiger charge is -2.61. The van der Waals surface area contributed by atoms with Gasteiger partial charge in [-0.05, 0) is 80.0 Å². The first-order chi connectivity index (χ1) is 11.0. The first-order valence-corrected chi connectivity index (χ1v) is 10.0. The molecule has 4 aliphatic carbocycles. The molecule has 2 heteroatoms. The molecule has 2 nitrogen and oxygen atoms in total. The molecule has 4 fully saturated rings. The molecule has 0 aromatic rings. The average molecular weight is 316 g/mol. The monoisotopic (exact) mass is 316 g/mol. The number of hydrogen-bond acceptors (Lipinski definition) is 2. The zero-order chi connectivity index (χ0) is 15.9. The number of rotatable bonds is 0. The van der Waals surface area contributed by atoms with E-state index in [-0.39, 0.29) is 11.7 Å². The van der Waals surface area contributed by atoms with E-state index in [9.17, 15) is 5.11 Å². The molecule has 1 heterocycles. The van der Waals surface area contributed by atoms with E-state index in [4.69, 9.17) is 4.74 Å². The Labute approximate surface area is 140 Å².